The van der Waals surface area contributed by atoms with Crippen molar-refractivity contribution >= 4 is 0 Å². The Hall–Kier alpha value is -1.08. The molecule has 92 valence electrons. The lowest BCUT2D eigenvalue weighted by Gasteiger charge is -2.14. The van der Waals surface area contributed by atoms with Crippen LogP contribution in [0.2, 0.25) is 0 Å². The van der Waals surface area contributed by atoms with E-state index in [-0.39, 0.29) is 6.10 Å². The Balaban J connectivity index is 1.84. The minimum absolute atomic E-state index is 0.228. The van der Waals surface area contributed by atoms with Gasteiger partial charge in [0.1, 0.15) is 0 Å². The number of rotatable bonds is 4. The first-order valence-corrected chi connectivity index (χ1v) is 6.77. The molecule has 17 heavy (non-hydrogen) atoms. The Morgan fingerprint density at radius 2 is 1.88 bits per heavy atom. The van der Waals surface area contributed by atoms with Crippen LogP contribution in [-0.4, -0.2) is 11.2 Å². The summed E-state index contributed by atoms with van der Waals surface area (Å²) in [5.41, 5.74) is 2.60. The third-order valence-corrected chi connectivity index (χ3v) is 3.55. The molecule has 2 rings (SSSR count). The van der Waals surface area contributed by atoms with Crippen molar-refractivity contribution in [2.24, 2.45) is 0 Å². The Labute approximate surface area is 104 Å². The quantitative estimate of drug-likeness (QED) is 0.778. The number of aryl methyl sites for hydroxylation is 1. The van der Waals surface area contributed by atoms with Crippen LogP contribution >= 0.6 is 0 Å². The second kappa shape index (κ2) is 6.61. The van der Waals surface area contributed by atoms with E-state index < -0.39 is 0 Å². The summed E-state index contributed by atoms with van der Waals surface area (Å²) in [6.45, 7) is 0. The third kappa shape index (κ3) is 4.01. The summed E-state index contributed by atoms with van der Waals surface area (Å²) >= 11 is 0. The minimum Gasteiger partial charge on any atom is -0.389 e. The second-order valence-electron chi connectivity index (χ2n) is 4.92. The maximum absolute atomic E-state index is 10.2. The lowest BCUT2D eigenvalue weighted by Crippen LogP contribution is -2.11. The van der Waals surface area contributed by atoms with Gasteiger partial charge in [-0.25, -0.2) is 0 Å². The molecule has 0 spiro atoms. The second-order valence-corrected chi connectivity index (χ2v) is 4.92. The van der Waals surface area contributed by atoms with Gasteiger partial charge in [0.25, 0.3) is 0 Å². The smallest absolute Gasteiger partial charge is 0.0753 e. The number of aliphatic hydroxyl groups is 1. The highest BCUT2D eigenvalue weighted by Gasteiger charge is 2.12. The molecule has 0 aromatic heterocycles. The van der Waals surface area contributed by atoms with E-state index in [1.807, 2.05) is 6.07 Å². The summed E-state index contributed by atoms with van der Waals surface area (Å²) in [6, 6.07) is 10.4. The maximum atomic E-state index is 10.2. The van der Waals surface area contributed by atoms with Gasteiger partial charge in [-0.3, -0.25) is 0 Å². The lowest BCUT2D eigenvalue weighted by molar-refractivity contribution is 0.196. The van der Waals surface area contributed by atoms with E-state index in [9.17, 15) is 5.11 Å². The van der Waals surface area contributed by atoms with E-state index >= 15 is 0 Å². The van der Waals surface area contributed by atoms with Gasteiger partial charge >= 0.3 is 0 Å². The summed E-state index contributed by atoms with van der Waals surface area (Å²) in [5.74, 6) is 0. The molecule has 1 nitrogen and oxygen atoms in total. The zero-order chi connectivity index (χ0) is 11.9. The summed E-state index contributed by atoms with van der Waals surface area (Å²) < 4.78 is 0. The van der Waals surface area contributed by atoms with Gasteiger partial charge in [-0.2, -0.15) is 0 Å². The van der Waals surface area contributed by atoms with E-state index in [0.717, 1.165) is 25.7 Å². The monoisotopic (exact) mass is 230 g/mol. The van der Waals surface area contributed by atoms with Crippen LogP contribution in [0.1, 0.15) is 44.1 Å². The zero-order valence-electron chi connectivity index (χ0n) is 10.4. The molecule has 1 aromatic rings. The summed E-state index contributed by atoms with van der Waals surface area (Å²) in [7, 11) is 0. The van der Waals surface area contributed by atoms with Crippen molar-refractivity contribution in [3.8, 4) is 0 Å². The van der Waals surface area contributed by atoms with Gasteiger partial charge < -0.3 is 5.11 Å². The molecular weight excluding hydrogens is 208 g/mol. The molecule has 1 unspecified atom stereocenters. The van der Waals surface area contributed by atoms with Crippen LogP contribution in [0.5, 0.6) is 0 Å². The van der Waals surface area contributed by atoms with Crippen molar-refractivity contribution in [1.82, 2.24) is 0 Å². The molecule has 0 aliphatic heterocycles. The fraction of sp³-hybridized carbons (Fsp3) is 0.500. The number of hydrogen-bond donors (Lipinski definition) is 1. The van der Waals surface area contributed by atoms with Crippen molar-refractivity contribution in [3.05, 3.63) is 47.5 Å². The Bertz CT molecular complexity index is 353. The highest BCUT2D eigenvalue weighted by atomic mass is 16.3. The summed E-state index contributed by atoms with van der Waals surface area (Å²) in [5, 5.41) is 10.2. The SMILES string of the molecule is OC(CCc1ccccc1)C1=CCCCCC1. The molecule has 1 heteroatoms. The predicted molar refractivity (Wildman–Crippen MR) is 71.9 cm³/mol. The third-order valence-electron chi connectivity index (χ3n) is 3.55. The van der Waals surface area contributed by atoms with E-state index in [2.05, 4.69) is 30.3 Å². The van der Waals surface area contributed by atoms with E-state index in [0.29, 0.717) is 0 Å². The molecule has 0 saturated carbocycles. The van der Waals surface area contributed by atoms with Crippen molar-refractivity contribution in [3.63, 3.8) is 0 Å². The molecule has 1 aliphatic carbocycles. The summed E-state index contributed by atoms with van der Waals surface area (Å²) in [4.78, 5) is 0. The fourth-order valence-corrected chi connectivity index (χ4v) is 2.48. The van der Waals surface area contributed by atoms with Crippen molar-refractivity contribution in [1.29, 1.82) is 0 Å². The fourth-order valence-electron chi connectivity index (χ4n) is 2.48. The van der Waals surface area contributed by atoms with Crippen LogP contribution in [-0.2, 0) is 6.42 Å². The molecule has 0 amide bonds. The van der Waals surface area contributed by atoms with Gasteiger partial charge in [0.15, 0.2) is 0 Å². The van der Waals surface area contributed by atoms with Gasteiger partial charge in [-0.1, -0.05) is 42.8 Å². The predicted octanol–water partition coefficient (Wildman–Crippen LogP) is 3.87. The Morgan fingerprint density at radius 3 is 2.71 bits per heavy atom. The van der Waals surface area contributed by atoms with Crippen molar-refractivity contribution in [2.75, 3.05) is 0 Å². The van der Waals surface area contributed by atoms with Crippen LogP contribution in [0.4, 0.5) is 0 Å². The van der Waals surface area contributed by atoms with Gasteiger partial charge in [0, 0.05) is 0 Å². The summed E-state index contributed by atoms with van der Waals surface area (Å²) in [6.07, 6.45) is 9.95. The highest BCUT2D eigenvalue weighted by molar-refractivity contribution is 5.16. The molecule has 0 fully saturated rings. The largest absolute Gasteiger partial charge is 0.389 e. The van der Waals surface area contributed by atoms with Gasteiger partial charge in [0.05, 0.1) is 6.10 Å². The normalized spacial score (nSPS) is 18.3. The van der Waals surface area contributed by atoms with Crippen LogP contribution in [0.25, 0.3) is 0 Å². The number of benzene rings is 1. The average Bonchev–Trinajstić information content (AvgIpc) is 2.66. The maximum Gasteiger partial charge on any atom is 0.0753 e. The van der Waals surface area contributed by atoms with E-state index in [4.69, 9.17) is 0 Å². The molecule has 1 N–H and O–H groups in total. The van der Waals surface area contributed by atoms with Gasteiger partial charge in [0.2, 0.25) is 0 Å². The topological polar surface area (TPSA) is 20.2 Å². The molecule has 0 radical (unpaired) electrons. The van der Waals surface area contributed by atoms with Crippen LogP contribution in [0, 0.1) is 0 Å². The van der Waals surface area contributed by atoms with Gasteiger partial charge in [-0.05, 0) is 49.7 Å². The van der Waals surface area contributed by atoms with Crippen LogP contribution in [0.3, 0.4) is 0 Å². The first-order valence-electron chi connectivity index (χ1n) is 6.77. The number of aliphatic hydroxyl groups excluding tert-OH is 1. The molecule has 0 heterocycles. The zero-order valence-corrected chi connectivity index (χ0v) is 10.4. The first-order chi connectivity index (χ1) is 8.36. The molecule has 0 bridgehead atoms. The van der Waals surface area contributed by atoms with Crippen molar-refractivity contribution in [2.45, 2.75) is 51.0 Å². The van der Waals surface area contributed by atoms with Gasteiger partial charge in [-0.15, -0.1) is 0 Å². The lowest BCUT2D eigenvalue weighted by atomic mass is 9.98. The molecule has 1 aromatic carbocycles. The minimum atomic E-state index is -0.228. The van der Waals surface area contributed by atoms with Crippen LogP contribution in [0.15, 0.2) is 42.0 Å². The average molecular weight is 230 g/mol. The Morgan fingerprint density at radius 1 is 1.06 bits per heavy atom. The molecule has 1 aliphatic rings. The van der Waals surface area contributed by atoms with E-state index in [1.165, 1.54) is 30.4 Å². The standard InChI is InChI=1S/C16H22O/c17-16(15-10-6-1-2-7-11-15)13-12-14-8-4-3-5-9-14/h3-5,8-10,16-17H,1-2,6-7,11-13H2. The van der Waals surface area contributed by atoms with Crippen LogP contribution < -0.4 is 0 Å². The number of hydrogen-bond acceptors (Lipinski definition) is 1. The van der Waals surface area contributed by atoms with Crippen molar-refractivity contribution < 1.29 is 5.11 Å². The Kier molecular flexibility index (Phi) is 4.81. The highest BCUT2D eigenvalue weighted by Crippen LogP contribution is 2.22. The van der Waals surface area contributed by atoms with E-state index in [1.54, 1.807) is 0 Å². The molecule has 0 saturated heterocycles. The molecule has 1 atom stereocenters. The molecular formula is C16H22O. The first kappa shape index (κ1) is 12.4. The number of allylic oxidation sites excluding steroid dienone is 1.